The Kier molecular flexibility index (Phi) is 6.35. The number of rotatable bonds is 6. The molecule has 0 bridgehead atoms. The minimum Gasteiger partial charge on any atom is -0.378 e. The van der Waals surface area contributed by atoms with Crippen LogP contribution in [0.4, 0.5) is 0 Å². The van der Waals surface area contributed by atoms with E-state index in [1.807, 2.05) is 30.3 Å². The molecule has 4 rings (SSSR count). The molecule has 0 spiro atoms. The van der Waals surface area contributed by atoms with Crippen LogP contribution in [0, 0.1) is 0 Å². The van der Waals surface area contributed by atoms with E-state index in [2.05, 4.69) is 5.32 Å². The largest absolute Gasteiger partial charge is 0.378 e. The number of amides is 2. The summed E-state index contributed by atoms with van der Waals surface area (Å²) in [4.78, 5) is 27.6. The van der Waals surface area contributed by atoms with Crippen LogP contribution in [0.5, 0.6) is 0 Å². The molecule has 2 aliphatic rings. The highest BCUT2D eigenvalue weighted by molar-refractivity contribution is 7.89. The molecule has 2 atom stereocenters. The van der Waals surface area contributed by atoms with E-state index in [0.717, 1.165) is 9.87 Å². The van der Waals surface area contributed by atoms with E-state index in [-0.39, 0.29) is 23.8 Å². The first-order valence-electron chi connectivity index (χ1n) is 10.3. The van der Waals surface area contributed by atoms with Gasteiger partial charge in [-0.3, -0.25) is 9.59 Å². The number of ether oxygens (including phenoxy) is 1. The van der Waals surface area contributed by atoms with Gasteiger partial charge in [-0.15, -0.1) is 0 Å². The van der Waals surface area contributed by atoms with Crippen LogP contribution in [-0.4, -0.2) is 67.8 Å². The number of benzene rings is 2. The number of sulfonamides is 1. The zero-order valence-corrected chi connectivity index (χ0v) is 17.8. The number of hydrogen-bond acceptors (Lipinski definition) is 5. The Hall–Kier alpha value is -2.75. The molecule has 2 aromatic carbocycles. The Morgan fingerprint density at radius 1 is 0.935 bits per heavy atom. The fraction of sp³-hybridized carbons (Fsp3) is 0.364. The molecule has 164 valence electrons. The molecule has 0 aromatic heterocycles. The van der Waals surface area contributed by atoms with Gasteiger partial charge < -0.3 is 15.0 Å². The van der Waals surface area contributed by atoms with Crippen molar-refractivity contribution < 1.29 is 22.7 Å². The molecular formula is C22H25N3O5S. The SMILES string of the molecule is O=C(NCc1ccccc1)[C@H]1C[C@@H](C(=O)N2CCOCC2)N1S(=O)(=O)c1ccccc1. The average Bonchev–Trinajstić information content (AvgIpc) is 2.78. The van der Waals surface area contributed by atoms with Gasteiger partial charge in [0, 0.05) is 19.6 Å². The lowest BCUT2D eigenvalue weighted by molar-refractivity contribution is -0.148. The predicted molar refractivity (Wildman–Crippen MR) is 113 cm³/mol. The van der Waals surface area contributed by atoms with E-state index in [1.54, 1.807) is 23.1 Å². The van der Waals surface area contributed by atoms with Gasteiger partial charge in [0.1, 0.15) is 12.1 Å². The summed E-state index contributed by atoms with van der Waals surface area (Å²) in [5.41, 5.74) is 0.911. The van der Waals surface area contributed by atoms with Crippen molar-refractivity contribution in [3.8, 4) is 0 Å². The van der Waals surface area contributed by atoms with E-state index in [1.165, 1.54) is 12.1 Å². The molecule has 2 aliphatic heterocycles. The summed E-state index contributed by atoms with van der Waals surface area (Å²) in [6.45, 7) is 1.96. The Bertz CT molecular complexity index is 1020. The first-order valence-corrected chi connectivity index (χ1v) is 11.7. The van der Waals surface area contributed by atoms with Crippen LogP contribution in [-0.2, 0) is 30.9 Å². The number of nitrogens with zero attached hydrogens (tertiary/aromatic N) is 2. The monoisotopic (exact) mass is 443 g/mol. The number of nitrogens with one attached hydrogen (secondary N) is 1. The zero-order chi connectivity index (χ0) is 21.8. The minimum atomic E-state index is -4.02. The molecule has 9 heteroatoms. The molecule has 2 heterocycles. The van der Waals surface area contributed by atoms with E-state index < -0.39 is 28.0 Å². The lowest BCUT2D eigenvalue weighted by Crippen LogP contribution is -2.68. The van der Waals surface area contributed by atoms with Gasteiger partial charge in [0.15, 0.2) is 0 Å². The topological polar surface area (TPSA) is 96.0 Å². The van der Waals surface area contributed by atoms with Crippen LogP contribution in [0.2, 0.25) is 0 Å². The number of carbonyl (C=O) groups is 2. The summed E-state index contributed by atoms with van der Waals surface area (Å²) >= 11 is 0. The lowest BCUT2D eigenvalue weighted by Gasteiger charge is -2.46. The third kappa shape index (κ3) is 4.48. The second-order valence-electron chi connectivity index (χ2n) is 7.56. The third-order valence-corrected chi connectivity index (χ3v) is 7.53. The normalized spacial score (nSPS) is 21.9. The summed E-state index contributed by atoms with van der Waals surface area (Å²) in [6.07, 6.45) is 0.156. The van der Waals surface area contributed by atoms with Crippen molar-refractivity contribution in [1.82, 2.24) is 14.5 Å². The van der Waals surface area contributed by atoms with Crippen LogP contribution in [0.1, 0.15) is 12.0 Å². The smallest absolute Gasteiger partial charge is 0.244 e. The fourth-order valence-corrected chi connectivity index (χ4v) is 5.65. The molecule has 0 saturated carbocycles. The zero-order valence-electron chi connectivity index (χ0n) is 17.0. The Labute approximate surface area is 181 Å². The number of carbonyl (C=O) groups excluding carboxylic acids is 2. The maximum atomic E-state index is 13.4. The summed E-state index contributed by atoms with van der Waals surface area (Å²) in [5, 5.41) is 2.80. The van der Waals surface area contributed by atoms with Crippen molar-refractivity contribution in [2.75, 3.05) is 26.3 Å². The molecule has 0 unspecified atom stereocenters. The van der Waals surface area contributed by atoms with Gasteiger partial charge in [-0.2, -0.15) is 4.31 Å². The molecule has 2 amide bonds. The van der Waals surface area contributed by atoms with Gasteiger partial charge in [-0.05, 0) is 24.1 Å². The van der Waals surface area contributed by atoms with Gasteiger partial charge in [0.05, 0.1) is 18.1 Å². The molecular weight excluding hydrogens is 418 g/mol. The second kappa shape index (κ2) is 9.17. The maximum absolute atomic E-state index is 13.4. The summed E-state index contributed by atoms with van der Waals surface area (Å²) in [5.74, 6) is -0.690. The van der Waals surface area contributed by atoms with Crippen LogP contribution in [0.15, 0.2) is 65.6 Å². The lowest BCUT2D eigenvalue weighted by atomic mass is 9.94. The second-order valence-corrected chi connectivity index (χ2v) is 9.40. The Morgan fingerprint density at radius 2 is 1.55 bits per heavy atom. The first-order chi connectivity index (χ1) is 15.0. The Balaban J connectivity index is 1.55. The quantitative estimate of drug-likeness (QED) is 0.719. The number of hydrogen-bond donors (Lipinski definition) is 1. The highest BCUT2D eigenvalue weighted by Crippen LogP contribution is 2.34. The molecule has 31 heavy (non-hydrogen) atoms. The van der Waals surface area contributed by atoms with Crippen LogP contribution < -0.4 is 5.32 Å². The van der Waals surface area contributed by atoms with Gasteiger partial charge in [-0.25, -0.2) is 8.42 Å². The third-order valence-electron chi connectivity index (χ3n) is 5.60. The Morgan fingerprint density at radius 3 is 2.19 bits per heavy atom. The van der Waals surface area contributed by atoms with E-state index in [9.17, 15) is 18.0 Å². The molecule has 2 saturated heterocycles. The van der Waals surface area contributed by atoms with E-state index in [0.29, 0.717) is 26.3 Å². The van der Waals surface area contributed by atoms with Crippen molar-refractivity contribution in [1.29, 1.82) is 0 Å². The van der Waals surface area contributed by atoms with Crippen molar-refractivity contribution in [2.24, 2.45) is 0 Å². The van der Waals surface area contributed by atoms with Crippen molar-refractivity contribution in [2.45, 2.75) is 29.9 Å². The minimum absolute atomic E-state index is 0.0651. The van der Waals surface area contributed by atoms with Crippen LogP contribution >= 0.6 is 0 Å². The van der Waals surface area contributed by atoms with E-state index >= 15 is 0 Å². The summed E-state index contributed by atoms with van der Waals surface area (Å²) in [7, 11) is -4.02. The predicted octanol–water partition coefficient (Wildman–Crippen LogP) is 0.993. The molecule has 0 aliphatic carbocycles. The average molecular weight is 444 g/mol. The summed E-state index contributed by atoms with van der Waals surface area (Å²) < 4.78 is 33.1. The fourth-order valence-electron chi connectivity index (χ4n) is 3.88. The molecule has 8 nitrogen and oxygen atoms in total. The van der Waals surface area contributed by atoms with Crippen LogP contribution in [0.3, 0.4) is 0 Å². The highest BCUT2D eigenvalue weighted by atomic mass is 32.2. The van der Waals surface area contributed by atoms with Gasteiger partial charge in [-0.1, -0.05) is 48.5 Å². The molecule has 0 radical (unpaired) electrons. The van der Waals surface area contributed by atoms with Crippen molar-refractivity contribution in [3.05, 3.63) is 66.2 Å². The highest BCUT2D eigenvalue weighted by Gasteiger charge is 2.54. The van der Waals surface area contributed by atoms with Crippen molar-refractivity contribution in [3.63, 3.8) is 0 Å². The molecule has 1 N–H and O–H groups in total. The van der Waals surface area contributed by atoms with Gasteiger partial charge in [0.25, 0.3) is 0 Å². The molecule has 2 fully saturated rings. The van der Waals surface area contributed by atoms with Crippen LogP contribution in [0.25, 0.3) is 0 Å². The van der Waals surface area contributed by atoms with E-state index in [4.69, 9.17) is 4.74 Å². The van der Waals surface area contributed by atoms with Gasteiger partial charge in [0.2, 0.25) is 21.8 Å². The molecule has 2 aromatic rings. The maximum Gasteiger partial charge on any atom is 0.244 e. The summed E-state index contributed by atoms with van der Waals surface area (Å²) in [6, 6.07) is 15.5. The number of morpholine rings is 1. The standard InChI is InChI=1S/C22H25N3O5S/c26-21(23-16-17-7-3-1-4-8-17)19-15-20(22(27)24-11-13-30-14-12-24)25(19)31(28,29)18-9-5-2-6-10-18/h1-10,19-20H,11-16H2,(H,23,26)/t19-,20+/m1/s1. The van der Waals surface area contributed by atoms with Gasteiger partial charge >= 0.3 is 0 Å². The van der Waals surface area contributed by atoms with Crippen molar-refractivity contribution >= 4 is 21.8 Å². The first kappa shape index (κ1) is 21.5.